The number of hydrogen-bond acceptors (Lipinski definition) is 5. The predicted molar refractivity (Wildman–Crippen MR) is 85.4 cm³/mol. The van der Waals surface area contributed by atoms with Gasteiger partial charge in [-0.1, -0.05) is 23.5 Å². The summed E-state index contributed by atoms with van der Waals surface area (Å²) in [7, 11) is 0. The Morgan fingerprint density at radius 3 is 2.73 bits per heavy atom. The molecular formula is C15H11N3O3S. The Morgan fingerprint density at radius 1 is 1.27 bits per heavy atom. The van der Waals surface area contributed by atoms with E-state index in [9.17, 15) is 14.9 Å². The van der Waals surface area contributed by atoms with E-state index in [0.717, 1.165) is 10.2 Å². The molecule has 1 heterocycles. The van der Waals surface area contributed by atoms with Crippen LogP contribution in [0.15, 0.2) is 42.5 Å². The topological polar surface area (TPSA) is 85.1 Å². The van der Waals surface area contributed by atoms with Gasteiger partial charge < -0.3 is 0 Å². The number of aryl methyl sites for hydroxylation is 1. The van der Waals surface area contributed by atoms with Crippen molar-refractivity contribution in [3.05, 3.63) is 63.7 Å². The van der Waals surface area contributed by atoms with Crippen molar-refractivity contribution in [3.63, 3.8) is 0 Å². The zero-order valence-corrected chi connectivity index (χ0v) is 12.4. The van der Waals surface area contributed by atoms with Crippen LogP contribution in [0.1, 0.15) is 15.9 Å². The molecule has 22 heavy (non-hydrogen) atoms. The Kier molecular flexibility index (Phi) is 3.56. The molecule has 0 unspecified atom stereocenters. The van der Waals surface area contributed by atoms with Crippen LogP contribution in [0.5, 0.6) is 0 Å². The van der Waals surface area contributed by atoms with Crippen LogP contribution < -0.4 is 5.32 Å². The third-order valence-electron chi connectivity index (χ3n) is 3.17. The lowest BCUT2D eigenvalue weighted by atomic mass is 10.1. The second-order valence-electron chi connectivity index (χ2n) is 4.70. The zero-order valence-electron chi connectivity index (χ0n) is 11.6. The lowest BCUT2D eigenvalue weighted by Gasteiger charge is -2.03. The molecule has 0 fully saturated rings. The van der Waals surface area contributed by atoms with Crippen molar-refractivity contribution in [2.45, 2.75) is 6.92 Å². The van der Waals surface area contributed by atoms with E-state index in [2.05, 4.69) is 10.3 Å². The fraction of sp³-hybridized carbons (Fsp3) is 0.0667. The van der Waals surface area contributed by atoms with E-state index < -0.39 is 4.92 Å². The van der Waals surface area contributed by atoms with Crippen molar-refractivity contribution in [1.29, 1.82) is 0 Å². The molecule has 7 heteroatoms. The summed E-state index contributed by atoms with van der Waals surface area (Å²) >= 11 is 1.38. The van der Waals surface area contributed by atoms with Gasteiger partial charge in [-0.05, 0) is 31.2 Å². The van der Waals surface area contributed by atoms with Crippen molar-refractivity contribution in [3.8, 4) is 0 Å². The van der Waals surface area contributed by atoms with Crippen LogP contribution in [0.3, 0.4) is 0 Å². The lowest BCUT2D eigenvalue weighted by Crippen LogP contribution is -2.12. The minimum Gasteiger partial charge on any atom is -0.298 e. The van der Waals surface area contributed by atoms with Gasteiger partial charge in [-0.2, -0.15) is 0 Å². The molecule has 3 aromatic rings. The number of hydrogen-bond donors (Lipinski definition) is 1. The summed E-state index contributed by atoms with van der Waals surface area (Å²) in [6, 6.07) is 11.9. The van der Waals surface area contributed by atoms with Crippen LogP contribution in [0.25, 0.3) is 10.2 Å². The Morgan fingerprint density at radius 2 is 2.05 bits per heavy atom. The highest BCUT2D eigenvalue weighted by Crippen LogP contribution is 2.26. The highest BCUT2D eigenvalue weighted by molar-refractivity contribution is 7.22. The van der Waals surface area contributed by atoms with Gasteiger partial charge in [0.25, 0.3) is 11.6 Å². The summed E-state index contributed by atoms with van der Waals surface area (Å²) in [5.41, 5.74) is 1.63. The molecule has 110 valence electrons. The average molecular weight is 313 g/mol. The molecule has 0 radical (unpaired) electrons. The molecule has 0 spiro atoms. The maximum atomic E-state index is 12.2. The molecule has 0 atom stereocenters. The number of fused-ring (bicyclic) bond motifs is 1. The van der Waals surface area contributed by atoms with Gasteiger partial charge in [-0.25, -0.2) is 4.98 Å². The predicted octanol–water partition coefficient (Wildman–Crippen LogP) is 3.77. The Balaban J connectivity index is 1.85. The maximum Gasteiger partial charge on any atom is 0.272 e. The van der Waals surface area contributed by atoms with Gasteiger partial charge in [0.05, 0.1) is 15.1 Å². The lowest BCUT2D eigenvalue weighted by molar-refractivity contribution is -0.385. The molecule has 0 bridgehead atoms. The van der Waals surface area contributed by atoms with E-state index in [1.54, 1.807) is 6.92 Å². The monoisotopic (exact) mass is 313 g/mol. The van der Waals surface area contributed by atoms with Crippen molar-refractivity contribution in [1.82, 2.24) is 4.98 Å². The van der Waals surface area contributed by atoms with Crippen LogP contribution in [0.2, 0.25) is 0 Å². The average Bonchev–Trinajstić information content (AvgIpc) is 2.88. The van der Waals surface area contributed by atoms with Gasteiger partial charge in [0.2, 0.25) is 0 Å². The second kappa shape index (κ2) is 5.53. The molecule has 0 saturated heterocycles. The molecule has 6 nitrogen and oxygen atoms in total. The van der Waals surface area contributed by atoms with Crippen LogP contribution in [-0.4, -0.2) is 15.8 Å². The second-order valence-corrected chi connectivity index (χ2v) is 5.73. The SMILES string of the molecule is Cc1cc(C(=O)Nc2nc3ccccc3s2)ccc1[N+](=O)[O-]. The number of carbonyl (C=O) groups excluding carboxylic acids is 1. The van der Waals surface area contributed by atoms with E-state index in [0.29, 0.717) is 16.3 Å². The number of aromatic nitrogens is 1. The fourth-order valence-corrected chi connectivity index (χ4v) is 2.96. The van der Waals surface area contributed by atoms with E-state index in [-0.39, 0.29) is 11.6 Å². The Hall–Kier alpha value is -2.80. The van der Waals surface area contributed by atoms with Gasteiger partial charge in [-0.3, -0.25) is 20.2 Å². The van der Waals surface area contributed by atoms with Gasteiger partial charge in [0.15, 0.2) is 5.13 Å². The highest BCUT2D eigenvalue weighted by atomic mass is 32.1. The number of carbonyl (C=O) groups is 1. The number of anilines is 1. The standard InChI is InChI=1S/C15H11N3O3S/c1-9-8-10(6-7-12(9)18(20)21)14(19)17-15-16-11-4-2-3-5-13(11)22-15/h2-8H,1H3,(H,16,17,19). The van der Waals surface area contributed by atoms with E-state index >= 15 is 0 Å². The van der Waals surface area contributed by atoms with Crippen LogP contribution >= 0.6 is 11.3 Å². The molecule has 0 aliphatic heterocycles. The van der Waals surface area contributed by atoms with Gasteiger partial charge >= 0.3 is 0 Å². The van der Waals surface area contributed by atoms with Crippen molar-refractivity contribution in [2.75, 3.05) is 5.32 Å². The number of benzene rings is 2. The third-order valence-corrected chi connectivity index (χ3v) is 4.12. The minimum absolute atomic E-state index is 0.00321. The summed E-state index contributed by atoms with van der Waals surface area (Å²) in [4.78, 5) is 26.9. The van der Waals surface area contributed by atoms with Crippen LogP contribution in [0, 0.1) is 17.0 Å². The first kappa shape index (κ1) is 14.2. The summed E-state index contributed by atoms with van der Waals surface area (Å²) in [6.45, 7) is 1.60. The summed E-state index contributed by atoms with van der Waals surface area (Å²) in [5.74, 6) is -0.336. The number of nitro groups is 1. The summed E-state index contributed by atoms with van der Waals surface area (Å²) < 4.78 is 0.984. The molecule has 0 aliphatic rings. The number of para-hydroxylation sites is 1. The summed E-state index contributed by atoms with van der Waals surface area (Å²) in [6.07, 6.45) is 0. The normalized spacial score (nSPS) is 10.6. The van der Waals surface area contributed by atoms with E-state index in [1.807, 2.05) is 24.3 Å². The van der Waals surface area contributed by atoms with Gasteiger partial charge in [0, 0.05) is 17.2 Å². The fourth-order valence-electron chi connectivity index (χ4n) is 2.10. The van der Waals surface area contributed by atoms with E-state index in [4.69, 9.17) is 0 Å². The maximum absolute atomic E-state index is 12.2. The number of rotatable bonds is 3. The van der Waals surface area contributed by atoms with E-state index in [1.165, 1.54) is 29.5 Å². The highest BCUT2D eigenvalue weighted by Gasteiger charge is 2.15. The zero-order chi connectivity index (χ0) is 15.7. The Bertz CT molecular complexity index is 856. The number of nitro benzene ring substituents is 1. The van der Waals surface area contributed by atoms with Crippen LogP contribution in [0.4, 0.5) is 10.8 Å². The smallest absolute Gasteiger partial charge is 0.272 e. The molecule has 2 aromatic carbocycles. The minimum atomic E-state index is -0.468. The van der Waals surface area contributed by atoms with Gasteiger partial charge in [-0.15, -0.1) is 0 Å². The molecule has 1 aromatic heterocycles. The molecule has 0 aliphatic carbocycles. The molecule has 0 saturated carbocycles. The van der Waals surface area contributed by atoms with Crippen molar-refractivity contribution < 1.29 is 9.72 Å². The van der Waals surface area contributed by atoms with Gasteiger partial charge in [0.1, 0.15) is 0 Å². The third kappa shape index (κ3) is 2.66. The number of nitrogens with one attached hydrogen (secondary N) is 1. The van der Waals surface area contributed by atoms with Crippen LogP contribution in [-0.2, 0) is 0 Å². The first-order chi connectivity index (χ1) is 10.5. The molecule has 1 N–H and O–H groups in total. The van der Waals surface area contributed by atoms with Crippen molar-refractivity contribution in [2.24, 2.45) is 0 Å². The van der Waals surface area contributed by atoms with Crippen molar-refractivity contribution >= 4 is 38.3 Å². The number of nitrogens with zero attached hydrogens (tertiary/aromatic N) is 2. The number of amides is 1. The quantitative estimate of drug-likeness (QED) is 0.589. The Labute approximate surface area is 129 Å². The first-order valence-electron chi connectivity index (χ1n) is 6.46. The molecule has 1 amide bonds. The summed E-state index contributed by atoms with van der Waals surface area (Å²) in [5, 5.41) is 14.0. The molecular weight excluding hydrogens is 302 g/mol. The first-order valence-corrected chi connectivity index (χ1v) is 7.28. The molecule has 3 rings (SSSR count). The number of thiazole rings is 1. The largest absolute Gasteiger partial charge is 0.298 e.